The molecule has 0 spiro atoms. The third-order valence-electron chi connectivity index (χ3n) is 5.39. The molecule has 0 heterocycles. The molecule has 2 aromatic rings. The van der Waals surface area contributed by atoms with Gasteiger partial charge in [0.15, 0.2) is 23.0 Å². The number of hydrogen-bond acceptors (Lipinski definition) is 5. The minimum absolute atomic E-state index is 0.0210. The van der Waals surface area contributed by atoms with Crippen molar-refractivity contribution in [1.82, 2.24) is 0 Å². The van der Waals surface area contributed by atoms with E-state index >= 15 is 0 Å². The monoisotopic (exact) mass is 370 g/mol. The quantitative estimate of drug-likeness (QED) is 0.803. The van der Waals surface area contributed by atoms with Crippen molar-refractivity contribution in [2.75, 3.05) is 21.3 Å². The summed E-state index contributed by atoms with van der Waals surface area (Å²) in [4.78, 5) is 12.5. The van der Waals surface area contributed by atoms with Gasteiger partial charge in [-0.2, -0.15) is 0 Å². The molecule has 5 heteroatoms. The van der Waals surface area contributed by atoms with Gasteiger partial charge in [-0.15, -0.1) is 0 Å². The average Bonchev–Trinajstić information content (AvgIpc) is 3.02. The van der Waals surface area contributed by atoms with E-state index in [9.17, 15) is 9.90 Å². The number of methoxy groups -OCH3 is 3. The van der Waals surface area contributed by atoms with E-state index < -0.39 is 0 Å². The molecule has 0 unspecified atom stereocenters. The van der Waals surface area contributed by atoms with Gasteiger partial charge in [-0.05, 0) is 60.6 Å². The molecular weight excluding hydrogens is 344 g/mol. The van der Waals surface area contributed by atoms with Crippen LogP contribution in [0.1, 0.15) is 24.0 Å². The van der Waals surface area contributed by atoms with Crippen LogP contribution in [0.15, 0.2) is 36.4 Å². The van der Waals surface area contributed by atoms with Crippen LogP contribution in [0, 0.1) is 11.8 Å². The van der Waals surface area contributed by atoms with Crippen LogP contribution in [0.2, 0.25) is 0 Å². The van der Waals surface area contributed by atoms with Crippen molar-refractivity contribution in [3.63, 3.8) is 0 Å². The van der Waals surface area contributed by atoms with Crippen LogP contribution >= 0.6 is 0 Å². The van der Waals surface area contributed by atoms with E-state index in [0.717, 1.165) is 24.0 Å². The maximum atomic E-state index is 12.5. The smallest absolute Gasteiger partial charge is 0.160 e. The van der Waals surface area contributed by atoms with Gasteiger partial charge in [-0.25, -0.2) is 0 Å². The van der Waals surface area contributed by atoms with E-state index in [2.05, 4.69) is 0 Å². The Morgan fingerprint density at radius 2 is 1.52 bits per heavy atom. The zero-order valence-corrected chi connectivity index (χ0v) is 16.0. The number of aromatic hydroxyl groups is 1. The second-order valence-corrected chi connectivity index (χ2v) is 6.98. The molecule has 27 heavy (non-hydrogen) atoms. The average molecular weight is 370 g/mol. The van der Waals surface area contributed by atoms with Crippen LogP contribution < -0.4 is 14.2 Å². The number of phenols is 1. The van der Waals surface area contributed by atoms with Crippen molar-refractivity contribution < 1.29 is 24.1 Å². The van der Waals surface area contributed by atoms with Gasteiger partial charge in [-0.3, -0.25) is 4.79 Å². The fourth-order valence-corrected chi connectivity index (χ4v) is 3.92. The normalized spacial score (nSPS) is 19.1. The summed E-state index contributed by atoms with van der Waals surface area (Å²) < 4.78 is 15.9. The van der Waals surface area contributed by atoms with E-state index in [1.165, 1.54) is 7.11 Å². The highest BCUT2D eigenvalue weighted by atomic mass is 16.5. The van der Waals surface area contributed by atoms with Crippen molar-refractivity contribution in [2.45, 2.75) is 25.7 Å². The molecule has 1 N–H and O–H groups in total. The van der Waals surface area contributed by atoms with Crippen LogP contribution in [0.25, 0.3) is 0 Å². The van der Waals surface area contributed by atoms with Gasteiger partial charge in [-0.1, -0.05) is 12.1 Å². The van der Waals surface area contributed by atoms with E-state index in [1.807, 2.05) is 30.3 Å². The zero-order chi connectivity index (χ0) is 19.4. The molecule has 1 saturated carbocycles. The predicted molar refractivity (Wildman–Crippen MR) is 103 cm³/mol. The first kappa shape index (κ1) is 19.1. The summed E-state index contributed by atoms with van der Waals surface area (Å²) in [6, 6.07) is 11.2. The van der Waals surface area contributed by atoms with Gasteiger partial charge < -0.3 is 19.3 Å². The summed E-state index contributed by atoms with van der Waals surface area (Å²) in [5.41, 5.74) is 2.14. The van der Waals surface area contributed by atoms with E-state index in [0.29, 0.717) is 35.9 Å². The lowest BCUT2D eigenvalue weighted by Crippen LogP contribution is -2.19. The molecule has 1 fully saturated rings. The summed E-state index contributed by atoms with van der Waals surface area (Å²) in [7, 11) is 4.77. The summed E-state index contributed by atoms with van der Waals surface area (Å²) in [6.07, 6.45) is 3.00. The molecule has 1 aliphatic rings. The summed E-state index contributed by atoms with van der Waals surface area (Å²) in [5.74, 6) is 2.54. The number of ether oxygens (including phenoxy) is 3. The molecule has 0 amide bonds. The molecular formula is C22H26O5. The first-order valence-electron chi connectivity index (χ1n) is 9.15. The van der Waals surface area contributed by atoms with Gasteiger partial charge in [0.1, 0.15) is 5.78 Å². The molecule has 2 atom stereocenters. The lowest BCUT2D eigenvalue weighted by molar-refractivity contribution is -0.121. The number of rotatable bonds is 7. The second-order valence-electron chi connectivity index (χ2n) is 6.98. The van der Waals surface area contributed by atoms with Gasteiger partial charge in [0.05, 0.1) is 21.3 Å². The topological polar surface area (TPSA) is 65.0 Å². The third kappa shape index (κ3) is 4.18. The van der Waals surface area contributed by atoms with Crippen molar-refractivity contribution in [3.05, 3.63) is 47.5 Å². The summed E-state index contributed by atoms with van der Waals surface area (Å²) in [5, 5.41) is 9.77. The standard InChI is InChI=1S/C22H26O5/c1-25-20-9-5-14(13-22(20)27-3)10-16-6-8-18(23)17(16)11-15-4-7-19(24)21(12-15)26-2/h4-5,7,9,12-13,16-17,24H,6,8,10-11H2,1-3H3/t16-,17-/m1/s1. The van der Waals surface area contributed by atoms with Gasteiger partial charge >= 0.3 is 0 Å². The Morgan fingerprint density at radius 3 is 2.22 bits per heavy atom. The SMILES string of the molecule is COc1cc(C[C@H]2C(=O)CC[C@@H]2Cc2ccc(OC)c(OC)c2)ccc1O. The molecule has 5 nitrogen and oxygen atoms in total. The fraction of sp³-hybridized carbons (Fsp3) is 0.409. The molecule has 144 valence electrons. The Balaban J connectivity index is 1.76. The maximum absolute atomic E-state index is 12.5. The van der Waals surface area contributed by atoms with Crippen molar-refractivity contribution >= 4 is 5.78 Å². The Kier molecular flexibility index (Phi) is 5.89. The highest BCUT2D eigenvalue weighted by Crippen LogP contribution is 2.37. The van der Waals surface area contributed by atoms with Crippen LogP contribution in [0.5, 0.6) is 23.0 Å². The second kappa shape index (κ2) is 8.33. The van der Waals surface area contributed by atoms with Crippen LogP contribution in [0.3, 0.4) is 0 Å². The number of ketones is 1. The maximum Gasteiger partial charge on any atom is 0.160 e. The minimum atomic E-state index is -0.0210. The number of phenolic OH excluding ortho intramolecular Hbond substituents is 1. The van der Waals surface area contributed by atoms with Gasteiger partial charge in [0, 0.05) is 12.3 Å². The Bertz CT molecular complexity index is 814. The molecule has 0 bridgehead atoms. The first-order valence-corrected chi connectivity index (χ1v) is 9.15. The predicted octanol–water partition coefficient (Wildman–Crippen LogP) is 3.80. The lowest BCUT2D eigenvalue weighted by atomic mass is 9.85. The molecule has 0 radical (unpaired) electrons. The number of carbonyl (C=O) groups is 1. The molecule has 0 saturated heterocycles. The summed E-state index contributed by atoms with van der Waals surface area (Å²) in [6.45, 7) is 0. The van der Waals surface area contributed by atoms with Crippen molar-refractivity contribution in [1.29, 1.82) is 0 Å². The molecule has 1 aliphatic carbocycles. The number of carbonyl (C=O) groups excluding carboxylic acids is 1. The van der Waals surface area contributed by atoms with Crippen LogP contribution in [-0.4, -0.2) is 32.2 Å². The molecule has 3 rings (SSSR count). The largest absolute Gasteiger partial charge is 0.504 e. The number of hydrogen-bond donors (Lipinski definition) is 1. The highest BCUT2D eigenvalue weighted by Gasteiger charge is 2.34. The zero-order valence-electron chi connectivity index (χ0n) is 16.0. The van der Waals surface area contributed by atoms with Gasteiger partial charge in [0.2, 0.25) is 0 Å². The molecule has 0 aromatic heterocycles. The van der Waals surface area contributed by atoms with Crippen LogP contribution in [-0.2, 0) is 17.6 Å². The van der Waals surface area contributed by atoms with E-state index in [1.54, 1.807) is 20.3 Å². The molecule has 2 aromatic carbocycles. The number of benzene rings is 2. The van der Waals surface area contributed by atoms with E-state index in [4.69, 9.17) is 14.2 Å². The van der Waals surface area contributed by atoms with Crippen molar-refractivity contribution in [2.24, 2.45) is 11.8 Å². The third-order valence-corrected chi connectivity index (χ3v) is 5.39. The Labute approximate surface area is 159 Å². The molecule has 0 aliphatic heterocycles. The number of Topliss-reactive ketones (excluding diaryl/α,β-unsaturated/α-hetero) is 1. The van der Waals surface area contributed by atoms with E-state index in [-0.39, 0.29) is 17.6 Å². The lowest BCUT2D eigenvalue weighted by Gasteiger charge is -2.20. The fourth-order valence-electron chi connectivity index (χ4n) is 3.92. The van der Waals surface area contributed by atoms with Gasteiger partial charge in [0.25, 0.3) is 0 Å². The minimum Gasteiger partial charge on any atom is -0.504 e. The first-order chi connectivity index (χ1) is 13.0. The highest BCUT2D eigenvalue weighted by molar-refractivity contribution is 5.83. The Morgan fingerprint density at radius 1 is 0.889 bits per heavy atom. The van der Waals surface area contributed by atoms with Crippen LogP contribution in [0.4, 0.5) is 0 Å². The van der Waals surface area contributed by atoms with Crippen molar-refractivity contribution in [3.8, 4) is 23.0 Å². The Hall–Kier alpha value is -2.69. The summed E-state index contributed by atoms with van der Waals surface area (Å²) >= 11 is 0.